The first-order valence-corrected chi connectivity index (χ1v) is 6.33. The van der Waals surface area contributed by atoms with Crippen LogP contribution in [0.1, 0.15) is 0 Å². The Hall–Kier alpha value is -1.79. The maximum atomic E-state index is 12.0. The van der Waals surface area contributed by atoms with Crippen molar-refractivity contribution >= 4 is 17.3 Å². The number of nitrogens with two attached hydrogens (primary N) is 1. The molecule has 0 saturated carbocycles. The summed E-state index contributed by atoms with van der Waals surface area (Å²) in [5, 5.41) is 2.85. The molecule has 19 heavy (non-hydrogen) atoms. The predicted octanol–water partition coefficient (Wildman–Crippen LogP) is -0.869. The third kappa shape index (κ3) is 3.84. The van der Waals surface area contributed by atoms with Crippen LogP contribution >= 0.6 is 0 Å². The number of rotatable bonds is 4. The molecule has 1 amide bonds. The molecule has 4 N–H and O–H groups in total. The van der Waals surface area contributed by atoms with Gasteiger partial charge in [-0.05, 0) is 12.1 Å². The molecule has 1 heterocycles. The summed E-state index contributed by atoms with van der Waals surface area (Å²) in [7, 11) is 1.55. The summed E-state index contributed by atoms with van der Waals surface area (Å²) >= 11 is 0. The Morgan fingerprint density at radius 1 is 1.47 bits per heavy atom. The molecule has 0 atom stereocenters. The average molecular weight is 266 g/mol. The second-order valence-corrected chi connectivity index (χ2v) is 4.55. The van der Waals surface area contributed by atoms with Gasteiger partial charge >= 0.3 is 0 Å². The number of quaternary nitrogens is 1. The Balaban J connectivity index is 1.94. The van der Waals surface area contributed by atoms with Crippen LogP contribution in [0, 0.1) is 0 Å². The van der Waals surface area contributed by atoms with Crippen molar-refractivity contribution in [2.75, 3.05) is 51.0 Å². The third-order valence-electron chi connectivity index (χ3n) is 3.11. The second-order valence-electron chi connectivity index (χ2n) is 4.55. The number of methoxy groups -OCH3 is 1. The molecule has 104 valence electrons. The fourth-order valence-corrected chi connectivity index (χ4v) is 2.07. The van der Waals surface area contributed by atoms with Crippen LogP contribution in [0.4, 0.5) is 11.4 Å². The minimum Gasteiger partial charge on any atom is -0.494 e. The number of nitrogen functional groups attached to an aromatic ring is 1. The minimum absolute atomic E-state index is 0.0278. The highest BCUT2D eigenvalue weighted by Crippen LogP contribution is 2.26. The number of hydrogen-bond acceptors (Lipinski definition) is 4. The number of benzene rings is 1. The summed E-state index contributed by atoms with van der Waals surface area (Å²) in [6.07, 6.45) is 0. The zero-order valence-electron chi connectivity index (χ0n) is 11.1. The average Bonchev–Trinajstić information content (AvgIpc) is 2.42. The Morgan fingerprint density at radius 2 is 2.21 bits per heavy atom. The van der Waals surface area contributed by atoms with E-state index in [0.717, 1.165) is 13.1 Å². The lowest BCUT2D eigenvalue weighted by atomic mass is 10.2. The van der Waals surface area contributed by atoms with Gasteiger partial charge in [-0.1, -0.05) is 0 Å². The van der Waals surface area contributed by atoms with Crippen molar-refractivity contribution in [3.05, 3.63) is 18.2 Å². The van der Waals surface area contributed by atoms with E-state index >= 15 is 0 Å². The van der Waals surface area contributed by atoms with Crippen LogP contribution in [0.15, 0.2) is 18.2 Å². The molecule has 1 aliphatic heterocycles. The summed E-state index contributed by atoms with van der Waals surface area (Å²) in [4.78, 5) is 13.2. The van der Waals surface area contributed by atoms with E-state index in [-0.39, 0.29) is 5.91 Å². The SMILES string of the molecule is COc1cc(N)ccc1NC(=O)C[NH+]1CCOCC1. The minimum atomic E-state index is -0.0278. The lowest BCUT2D eigenvalue weighted by Gasteiger charge is -2.23. The molecule has 2 rings (SSSR count). The Kier molecular flexibility index (Phi) is 4.59. The number of ether oxygens (including phenoxy) is 2. The van der Waals surface area contributed by atoms with Crippen LogP contribution in [-0.4, -0.2) is 45.9 Å². The van der Waals surface area contributed by atoms with Gasteiger partial charge in [0.2, 0.25) is 0 Å². The number of anilines is 2. The van der Waals surface area contributed by atoms with Crippen molar-refractivity contribution < 1.29 is 19.2 Å². The van der Waals surface area contributed by atoms with Gasteiger partial charge in [0.25, 0.3) is 5.91 Å². The molecule has 0 aromatic heterocycles. The van der Waals surface area contributed by atoms with Crippen LogP contribution in [0.3, 0.4) is 0 Å². The van der Waals surface area contributed by atoms with Crippen LogP contribution in [-0.2, 0) is 9.53 Å². The van der Waals surface area contributed by atoms with E-state index in [1.165, 1.54) is 4.90 Å². The molecule has 1 fully saturated rings. The molecule has 1 aromatic rings. The summed E-state index contributed by atoms with van der Waals surface area (Å²) in [6.45, 7) is 3.61. The summed E-state index contributed by atoms with van der Waals surface area (Å²) < 4.78 is 10.5. The standard InChI is InChI=1S/C13H19N3O3/c1-18-12-8-10(14)2-3-11(12)15-13(17)9-16-4-6-19-7-5-16/h2-3,8H,4-7,9,14H2,1H3,(H,15,17)/p+1. The summed E-state index contributed by atoms with van der Waals surface area (Å²) in [5.74, 6) is 0.547. The van der Waals surface area contributed by atoms with Crippen molar-refractivity contribution in [2.45, 2.75) is 0 Å². The van der Waals surface area contributed by atoms with E-state index in [1.807, 2.05) is 0 Å². The Morgan fingerprint density at radius 3 is 2.89 bits per heavy atom. The molecule has 1 saturated heterocycles. The zero-order chi connectivity index (χ0) is 13.7. The summed E-state index contributed by atoms with van der Waals surface area (Å²) in [6, 6.07) is 5.18. The highest BCUT2D eigenvalue weighted by atomic mass is 16.5. The van der Waals surface area contributed by atoms with E-state index in [9.17, 15) is 4.79 Å². The molecule has 0 bridgehead atoms. The number of morpholine rings is 1. The third-order valence-corrected chi connectivity index (χ3v) is 3.11. The van der Waals surface area contributed by atoms with Crippen LogP contribution in [0.25, 0.3) is 0 Å². The van der Waals surface area contributed by atoms with Gasteiger partial charge in [0.1, 0.15) is 18.8 Å². The molecule has 6 nitrogen and oxygen atoms in total. The van der Waals surface area contributed by atoms with E-state index < -0.39 is 0 Å². The number of carbonyl (C=O) groups excluding carboxylic acids is 1. The van der Waals surface area contributed by atoms with Gasteiger partial charge in [-0.25, -0.2) is 0 Å². The lowest BCUT2D eigenvalue weighted by molar-refractivity contribution is -0.899. The largest absolute Gasteiger partial charge is 0.494 e. The topological polar surface area (TPSA) is 78.0 Å². The first-order valence-electron chi connectivity index (χ1n) is 6.33. The Labute approximate surface area is 112 Å². The monoisotopic (exact) mass is 266 g/mol. The molecule has 0 unspecified atom stereocenters. The maximum Gasteiger partial charge on any atom is 0.279 e. The molecule has 6 heteroatoms. The van der Waals surface area contributed by atoms with Crippen molar-refractivity contribution in [1.29, 1.82) is 0 Å². The first-order chi connectivity index (χ1) is 9.19. The number of carbonyl (C=O) groups is 1. The fraction of sp³-hybridized carbons (Fsp3) is 0.462. The number of amides is 1. The molecule has 0 spiro atoms. The van der Waals surface area contributed by atoms with Crippen molar-refractivity contribution in [1.82, 2.24) is 0 Å². The first kappa shape index (κ1) is 13.6. The van der Waals surface area contributed by atoms with E-state index in [0.29, 0.717) is 36.9 Å². The zero-order valence-corrected chi connectivity index (χ0v) is 11.1. The molecular formula is C13H20N3O3+. The van der Waals surface area contributed by atoms with Gasteiger partial charge in [-0.15, -0.1) is 0 Å². The Bertz CT molecular complexity index is 445. The van der Waals surface area contributed by atoms with Crippen LogP contribution in [0.5, 0.6) is 5.75 Å². The van der Waals surface area contributed by atoms with E-state index in [2.05, 4.69) is 5.32 Å². The number of hydrogen-bond donors (Lipinski definition) is 3. The smallest absolute Gasteiger partial charge is 0.279 e. The molecular weight excluding hydrogens is 246 g/mol. The second kappa shape index (κ2) is 6.40. The summed E-state index contributed by atoms with van der Waals surface area (Å²) in [5.41, 5.74) is 6.93. The van der Waals surface area contributed by atoms with Gasteiger partial charge in [0.15, 0.2) is 6.54 Å². The van der Waals surface area contributed by atoms with Gasteiger partial charge in [0.05, 0.1) is 26.0 Å². The maximum absolute atomic E-state index is 12.0. The van der Waals surface area contributed by atoms with E-state index in [4.69, 9.17) is 15.2 Å². The van der Waals surface area contributed by atoms with Crippen LogP contribution in [0.2, 0.25) is 0 Å². The van der Waals surface area contributed by atoms with Gasteiger partial charge in [0, 0.05) is 11.8 Å². The molecule has 1 aromatic carbocycles. The fourth-order valence-electron chi connectivity index (χ4n) is 2.07. The molecule has 0 radical (unpaired) electrons. The van der Waals surface area contributed by atoms with E-state index in [1.54, 1.807) is 25.3 Å². The predicted molar refractivity (Wildman–Crippen MR) is 72.4 cm³/mol. The van der Waals surface area contributed by atoms with Crippen molar-refractivity contribution in [2.24, 2.45) is 0 Å². The highest BCUT2D eigenvalue weighted by molar-refractivity contribution is 5.93. The highest BCUT2D eigenvalue weighted by Gasteiger charge is 2.18. The van der Waals surface area contributed by atoms with Crippen LogP contribution < -0.4 is 20.7 Å². The normalized spacial score (nSPS) is 16.1. The van der Waals surface area contributed by atoms with Crippen molar-refractivity contribution in [3.63, 3.8) is 0 Å². The van der Waals surface area contributed by atoms with Gasteiger partial charge in [-0.2, -0.15) is 0 Å². The van der Waals surface area contributed by atoms with Gasteiger partial charge in [-0.3, -0.25) is 4.79 Å². The lowest BCUT2D eigenvalue weighted by Crippen LogP contribution is -3.15. The van der Waals surface area contributed by atoms with Crippen molar-refractivity contribution in [3.8, 4) is 5.75 Å². The quantitative estimate of drug-likeness (QED) is 0.619. The number of nitrogens with one attached hydrogen (secondary N) is 2. The molecule has 0 aliphatic carbocycles. The van der Waals surface area contributed by atoms with Gasteiger partial charge < -0.3 is 25.4 Å². The molecule has 1 aliphatic rings.